The first-order valence-electron chi connectivity index (χ1n) is 7.95. The number of piperidine rings is 1. The summed E-state index contributed by atoms with van der Waals surface area (Å²) in [5.41, 5.74) is 1.33. The summed E-state index contributed by atoms with van der Waals surface area (Å²) >= 11 is 1.71. The largest absolute Gasteiger partial charge is 0.356 e. The first kappa shape index (κ1) is 20.2. The molecular formula is C16H27IN4OS. The Kier molecular flexibility index (Phi) is 9.54. The number of hydrogen-bond donors (Lipinski definition) is 2. The first-order valence-corrected chi connectivity index (χ1v) is 8.89. The SMILES string of the molecule is CN=C(NCC(=O)N1CCCCC1)NCC(C)c1ccsc1.I. The lowest BCUT2D eigenvalue weighted by atomic mass is 10.1. The summed E-state index contributed by atoms with van der Waals surface area (Å²) in [6.07, 6.45) is 3.48. The van der Waals surface area contributed by atoms with Crippen LogP contribution in [0.5, 0.6) is 0 Å². The topological polar surface area (TPSA) is 56.7 Å². The van der Waals surface area contributed by atoms with Gasteiger partial charge < -0.3 is 15.5 Å². The molecule has 2 rings (SSSR count). The molecule has 0 bridgehead atoms. The third-order valence-corrected chi connectivity index (χ3v) is 4.73. The fourth-order valence-electron chi connectivity index (χ4n) is 2.56. The number of hydrogen-bond acceptors (Lipinski definition) is 3. The normalized spacial score (nSPS) is 16.4. The Bertz CT molecular complexity index is 486. The van der Waals surface area contributed by atoms with Crippen LogP contribution in [0.3, 0.4) is 0 Å². The fourth-order valence-corrected chi connectivity index (χ4v) is 3.34. The van der Waals surface area contributed by atoms with E-state index in [1.807, 2.05) is 4.90 Å². The lowest BCUT2D eigenvalue weighted by Crippen LogP contribution is -2.46. The van der Waals surface area contributed by atoms with Crippen molar-refractivity contribution in [3.05, 3.63) is 22.4 Å². The monoisotopic (exact) mass is 450 g/mol. The van der Waals surface area contributed by atoms with E-state index in [1.165, 1.54) is 12.0 Å². The Hall–Kier alpha value is -0.830. The summed E-state index contributed by atoms with van der Waals surface area (Å²) in [6, 6.07) is 2.15. The van der Waals surface area contributed by atoms with Crippen molar-refractivity contribution in [2.24, 2.45) is 4.99 Å². The van der Waals surface area contributed by atoms with E-state index in [0.717, 1.165) is 32.5 Å². The third kappa shape index (κ3) is 6.66. The van der Waals surface area contributed by atoms with Crippen LogP contribution in [0, 0.1) is 0 Å². The molecule has 1 unspecified atom stereocenters. The van der Waals surface area contributed by atoms with Gasteiger partial charge in [0.1, 0.15) is 0 Å². The number of guanidine groups is 1. The van der Waals surface area contributed by atoms with Gasteiger partial charge in [-0.3, -0.25) is 9.79 Å². The fraction of sp³-hybridized carbons (Fsp3) is 0.625. The van der Waals surface area contributed by atoms with Gasteiger partial charge >= 0.3 is 0 Å². The molecule has 0 aromatic carbocycles. The Labute approximate surface area is 160 Å². The van der Waals surface area contributed by atoms with Crippen LogP contribution in [0.15, 0.2) is 21.8 Å². The number of nitrogens with one attached hydrogen (secondary N) is 2. The zero-order chi connectivity index (χ0) is 15.8. The van der Waals surface area contributed by atoms with Gasteiger partial charge in [0.05, 0.1) is 6.54 Å². The van der Waals surface area contributed by atoms with Gasteiger partial charge in [0.15, 0.2) is 5.96 Å². The smallest absolute Gasteiger partial charge is 0.241 e. The summed E-state index contributed by atoms with van der Waals surface area (Å²) in [4.78, 5) is 18.3. The number of thiophene rings is 1. The maximum absolute atomic E-state index is 12.1. The zero-order valence-corrected chi connectivity index (χ0v) is 17.0. The van der Waals surface area contributed by atoms with Crippen molar-refractivity contribution in [3.8, 4) is 0 Å². The molecule has 7 heteroatoms. The van der Waals surface area contributed by atoms with Gasteiger partial charge in [-0.1, -0.05) is 6.92 Å². The molecule has 1 aromatic heterocycles. The van der Waals surface area contributed by atoms with Crippen LogP contribution in [-0.4, -0.2) is 50.0 Å². The average molecular weight is 450 g/mol. The number of carbonyl (C=O) groups excluding carboxylic acids is 1. The van der Waals surface area contributed by atoms with Crippen LogP contribution in [0.25, 0.3) is 0 Å². The quantitative estimate of drug-likeness (QED) is 0.412. The molecule has 23 heavy (non-hydrogen) atoms. The van der Waals surface area contributed by atoms with Gasteiger partial charge in [-0.15, -0.1) is 24.0 Å². The number of rotatable bonds is 5. The molecule has 1 atom stereocenters. The summed E-state index contributed by atoms with van der Waals surface area (Å²) in [7, 11) is 1.73. The lowest BCUT2D eigenvalue weighted by molar-refractivity contribution is -0.130. The lowest BCUT2D eigenvalue weighted by Gasteiger charge is -2.27. The van der Waals surface area contributed by atoms with Crippen molar-refractivity contribution >= 4 is 47.2 Å². The van der Waals surface area contributed by atoms with Crippen molar-refractivity contribution in [3.63, 3.8) is 0 Å². The van der Waals surface area contributed by atoms with E-state index in [1.54, 1.807) is 18.4 Å². The second-order valence-corrected chi connectivity index (χ2v) is 6.49. The van der Waals surface area contributed by atoms with E-state index in [-0.39, 0.29) is 29.9 Å². The van der Waals surface area contributed by atoms with Crippen LogP contribution in [0.1, 0.15) is 37.7 Å². The van der Waals surface area contributed by atoms with Crippen LogP contribution >= 0.6 is 35.3 Å². The van der Waals surface area contributed by atoms with Gasteiger partial charge in [-0.05, 0) is 47.6 Å². The molecule has 2 heterocycles. The van der Waals surface area contributed by atoms with E-state index in [2.05, 4.69) is 39.4 Å². The molecular weight excluding hydrogens is 423 g/mol. The van der Waals surface area contributed by atoms with E-state index in [9.17, 15) is 4.79 Å². The molecule has 1 amide bonds. The standard InChI is InChI=1S/C16H26N4OS.HI/c1-13(14-6-9-22-12-14)10-18-16(17-2)19-11-15(21)20-7-4-3-5-8-20;/h6,9,12-13H,3-5,7-8,10-11H2,1-2H3,(H2,17,18,19);1H. The van der Waals surface area contributed by atoms with Gasteiger partial charge in [0.2, 0.25) is 5.91 Å². The second-order valence-electron chi connectivity index (χ2n) is 5.71. The minimum atomic E-state index is 0. The Balaban J connectivity index is 0.00000264. The Morgan fingerprint density at radius 1 is 1.35 bits per heavy atom. The molecule has 0 saturated carbocycles. The van der Waals surface area contributed by atoms with Crippen LogP contribution < -0.4 is 10.6 Å². The summed E-state index contributed by atoms with van der Waals surface area (Å²) in [5.74, 6) is 1.27. The highest BCUT2D eigenvalue weighted by atomic mass is 127. The molecule has 5 nitrogen and oxygen atoms in total. The van der Waals surface area contributed by atoms with Gasteiger partial charge in [-0.2, -0.15) is 11.3 Å². The van der Waals surface area contributed by atoms with Gasteiger partial charge in [0.25, 0.3) is 0 Å². The number of halogens is 1. The highest BCUT2D eigenvalue weighted by Crippen LogP contribution is 2.16. The highest BCUT2D eigenvalue weighted by molar-refractivity contribution is 14.0. The zero-order valence-electron chi connectivity index (χ0n) is 13.9. The number of amides is 1. The highest BCUT2D eigenvalue weighted by Gasteiger charge is 2.16. The van der Waals surface area contributed by atoms with E-state index < -0.39 is 0 Å². The molecule has 0 spiro atoms. The van der Waals surface area contributed by atoms with E-state index in [0.29, 0.717) is 18.4 Å². The minimum absolute atomic E-state index is 0. The molecule has 1 fully saturated rings. The number of likely N-dealkylation sites (tertiary alicyclic amines) is 1. The molecule has 1 saturated heterocycles. The Morgan fingerprint density at radius 3 is 2.70 bits per heavy atom. The minimum Gasteiger partial charge on any atom is -0.356 e. The summed E-state index contributed by atoms with van der Waals surface area (Å²) in [6.45, 7) is 5.07. The molecule has 1 aliphatic heterocycles. The number of aliphatic imine (C=N–C) groups is 1. The molecule has 130 valence electrons. The van der Waals surface area contributed by atoms with Crippen molar-refractivity contribution < 1.29 is 4.79 Å². The van der Waals surface area contributed by atoms with Gasteiger partial charge in [0, 0.05) is 26.7 Å². The van der Waals surface area contributed by atoms with E-state index in [4.69, 9.17) is 0 Å². The van der Waals surface area contributed by atoms with Gasteiger partial charge in [-0.25, -0.2) is 0 Å². The predicted octanol–water partition coefficient (Wildman–Crippen LogP) is 2.65. The summed E-state index contributed by atoms with van der Waals surface area (Å²) < 4.78 is 0. The summed E-state index contributed by atoms with van der Waals surface area (Å²) in [5, 5.41) is 10.7. The molecule has 1 aromatic rings. The maximum atomic E-state index is 12.1. The third-order valence-electron chi connectivity index (χ3n) is 4.03. The predicted molar refractivity (Wildman–Crippen MR) is 108 cm³/mol. The van der Waals surface area contributed by atoms with Crippen molar-refractivity contribution in [2.75, 3.05) is 33.2 Å². The Morgan fingerprint density at radius 2 is 2.09 bits per heavy atom. The molecule has 2 N–H and O–H groups in total. The maximum Gasteiger partial charge on any atom is 0.241 e. The van der Waals surface area contributed by atoms with Crippen molar-refractivity contribution in [1.82, 2.24) is 15.5 Å². The van der Waals surface area contributed by atoms with Crippen molar-refractivity contribution in [1.29, 1.82) is 0 Å². The molecule has 1 aliphatic rings. The van der Waals surface area contributed by atoms with Crippen LogP contribution in [0.4, 0.5) is 0 Å². The average Bonchev–Trinajstić information content (AvgIpc) is 3.10. The van der Waals surface area contributed by atoms with Crippen LogP contribution in [0.2, 0.25) is 0 Å². The number of nitrogens with zero attached hydrogens (tertiary/aromatic N) is 2. The first-order chi connectivity index (χ1) is 10.7. The molecule has 0 aliphatic carbocycles. The van der Waals surface area contributed by atoms with Crippen LogP contribution in [-0.2, 0) is 4.79 Å². The van der Waals surface area contributed by atoms with Crippen molar-refractivity contribution in [2.45, 2.75) is 32.1 Å². The molecule has 0 radical (unpaired) electrons. The van der Waals surface area contributed by atoms with E-state index >= 15 is 0 Å². The number of carbonyl (C=O) groups is 1. The second kappa shape index (κ2) is 10.9.